The van der Waals surface area contributed by atoms with E-state index >= 15 is 0 Å². The summed E-state index contributed by atoms with van der Waals surface area (Å²) >= 11 is 3.21. The summed E-state index contributed by atoms with van der Waals surface area (Å²) in [6.45, 7) is 1.80. The van der Waals surface area contributed by atoms with Gasteiger partial charge in [0, 0.05) is 5.39 Å². The Morgan fingerprint density at radius 1 is 1.46 bits per heavy atom. The Hall–Kier alpha value is -1.03. The lowest BCUT2D eigenvalue weighted by Gasteiger charge is -1.98. The van der Waals surface area contributed by atoms with Crippen molar-refractivity contribution in [3.63, 3.8) is 0 Å². The van der Waals surface area contributed by atoms with Gasteiger partial charge in [-0.3, -0.25) is 0 Å². The van der Waals surface area contributed by atoms with Gasteiger partial charge in [0.2, 0.25) is 0 Å². The molecule has 0 aliphatic carbocycles. The van der Waals surface area contributed by atoms with E-state index < -0.39 is 5.82 Å². The van der Waals surface area contributed by atoms with Crippen LogP contribution in [0.3, 0.4) is 0 Å². The number of halogens is 2. The molecular formula is C9H7BrFNO. The third-order valence-corrected chi connectivity index (χ3v) is 2.46. The van der Waals surface area contributed by atoms with Crippen LogP contribution in [0.4, 0.5) is 10.1 Å². The second kappa shape index (κ2) is 2.73. The Balaban J connectivity index is 2.95. The Bertz CT molecular complexity index is 478. The number of hydrogen-bond donors (Lipinski definition) is 1. The van der Waals surface area contributed by atoms with Crippen LogP contribution in [-0.2, 0) is 0 Å². The van der Waals surface area contributed by atoms with E-state index in [1.54, 1.807) is 13.0 Å². The second-order valence-electron chi connectivity index (χ2n) is 2.85. The predicted octanol–water partition coefficient (Wildman–Crippen LogP) is 3.23. The van der Waals surface area contributed by atoms with Crippen molar-refractivity contribution < 1.29 is 8.81 Å². The molecule has 0 amide bonds. The van der Waals surface area contributed by atoms with Gasteiger partial charge in [-0.25, -0.2) is 4.39 Å². The predicted molar refractivity (Wildman–Crippen MR) is 53.0 cm³/mol. The Morgan fingerprint density at radius 2 is 2.15 bits per heavy atom. The van der Waals surface area contributed by atoms with Crippen molar-refractivity contribution in [3.05, 3.63) is 28.2 Å². The normalized spacial score (nSPS) is 11.0. The number of hydrogen-bond acceptors (Lipinski definition) is 2. The van der Waals surface area contributed by atoms with Crippen molar-refractivity contribution in [2.75, 3.05) is 5.73 Å². The molecule has 0 aliphatic heterocycles. The molecule has 0 unspecified atom stereocenters. The summed E-state index contributed by atoms with van der Waals surface area (Å²) in [4.78, 5) is 0. The Morgan fingerprint density at radius 3 is 2.85 bits per heavy atom. The van der Waals surface area contributed by atoms with Crippen LogP contribution in [0.2, 0.25) is 0 Å². The van der Waals surface area contributed by atoms with Gasteiger partial charge in [-0.05, 0) is 35.0 Å². The molecule has 0 spiro atoms. The highest BCUT2D eigenvalue weighted by Crippen LogP contribution is 2.33. The highest BCUT2D eigenvalue weighted by molar-refractivity contribution is 9.10. The van der Waals surface area contributed by atoms with E-state index in [1.165, 1.54) is 6.07 Å². The van der Waals surface area contributed by atoms with Crippen molar-refractivity contribution in [1.29, 1.82) is 0 Å². The molecule has 2 rings (SSSR count). The molecule has 2 nitrogen and oxygen atoms in total. The number of benzene rings is 1. The zero-order valence-corrected chi connectivity index (χ0v) is 8.48. The van der Waals surface area contributed by atoms with Gasteiger partial charge in [0.15, 0.2) is 5.58 Å². The molecule has 0 fully saturated rings. The van der Waals surface area contributed by atoms with Crippen LogP contribution in [0.15, 0.2) is 21.0 Å². The van der Waals surface area contributed by atoms with Gasteiger partial charge in [0.1, 0.15) is 11.6 Å². The average Bonchev–Trinajstić information content (AvgIpc) is 2.44. The first kappa shape index (κ1) is 8.56. The van der Waals surface area contributed by atoms with Crippen LogP contribution >= 0.6 is 15.9 Å². The van der Waals surface area contributed by atoms with Gasteiger partial charge >= 0.3 is 0 Å². The van der Waals surface area contributed by atoms with Crippen molar-refractivity contribution in [3.8, 4) is 0 Å². The number of furan rings is 1. The van der Waals surface area contributed by atoms with E-state index in [2.05, 4.69) is 15.9 Å². The van der Waals surface area contributed by atoms with Crippen molar-refractivity contribution in [1.82, 2.24) is 0 Å². The quantitative estimate of drug-likeness (QED) is 0.722. The third kappa shape index (κ3) is 1.21. The van der Waals surface area contributed by atoms with Gasteiger partial charge in [-0.15, -0.1) is 0 Å². The smallest absolute Gasteiger partial charge is 0.150 e. The summed E-state index contributed by atoms with van der Waals surface area (Å²) in [5.74, 6) is 0.285. The Kier molecular flexibility index (Phi) is 1.80. The molecule has 0 atom stereocenters. The molecule has 2 aromatic rings. The first-order chi connectivity index (χ1) is 6.09. The number of rotatable bonds is 0. The minimum atomic E-state index is -0.430. The highest BCUT2D eigenvalue weighted by Gasteiger charge is 2.11. The minimum absolute atomic E-state index is 0.134. The molecular weight excluding hydrogens is 237 g/mol. The van der Waals surface area contributed by atoms with Crippen LogP contribution in [0.1, 0.15) is 5.76 Å². The molecule has 2 N–H and O–H groups in total. The summed E-state index contributed by atoms with van der Waals surface area (Å²) in [7, 11) is 0. The monoisotopic (exact) mass is 243 g/mol. The van der Waals surface area contributed by atoms with Crippen molar-refractivity contribution >= 4 is 32.6 Å². The van der Waals surface area contributed by atoms with Crippen LogP contribution in [-0.4, -0.2) is 0 Å². The molecule has 13 heavy (non-hydrogen) atoms. The van der Waals surface area contributed by atoms with Gasteiger partial charge in [0.05, 0.1) is 10.2 Å². The molecule has 68 valence electrons. The zero-order chi connectivity index (χ0) is 9.59. The number of nitrogen functional groups attached to an aromatic ring is 1. The minimum Gasteiger partial charge on any atom is -0.460 e. The topological polar surface area (TPSA) is 39.2 Å². The van der Waals surface area contributed by atoms with E-state index in [1.807, 2.05) is 0 Å². The standard InChI is InChI=1S/C9H7BrFNO/c1-4-2-5-8(12)7(11)3-6(10)9(5)13-4/h2-3H,12H2,1H3. The van der Waals surface area contributed by atoms with Crippen LogP contribution in [0.5, 0.6) is 0 Å². The molecule has 1 aromatic carbocycles. The third-order valence-electron chi connectivity index (χ3n) is 1.87. The molecule has 4 heteroatoms. The van der Waals surface area contributed by atoms with Crippen molar-refractivity contribution in [2.45, 2.75) is 6.92 Å². The maximum absolute atomic E-state index is 13.1. The van der Waals surface area contributed by atoms with Crippen LogP contribution in [0, 0.1) is 12.7 Å². The zero-order valence-electron chi connectivity index (χ0n) is 6.90. The summed E-state index contributed by atoms with van der Waals surface area (Å²) in [6, 6.07) is 3.03. The molecule has 0 radical (unpaired) electrons. The van der Waals surface area contributed by atoms with Crippen LogP contribution in [0.25, 0.3) is 11.0 Å². The number of fused-ring (bicyclic) bond motifs is 1. The Labute approximate surface area is 82.6 Å². The molecule has 0 saturated heterocycles. The fraction of sp³-hybridized carbons (Fsp3) is 0.111. The molecule has 0 bridgehead atoms. The summed E-state index contributed by atoms with van der Waals surface area (Å²) in [5.41, 5.74) is 6.27. The molecule has 0 saturated carbocycles. The van der Waals surface area contributed by atoms with E-state index in [0.29, 0.717) is 21.2 Å². The van der Waals surface area contributed by atoms with Crippen LogP contribution < -0.4 is 5.73 Å². The lowest BCUT2D eigenvalue weighted by molar-refractivity contribution is 0.575. The van der Waals surface area contributed by atoms with Gasteiger partial charge < -0.3 is 10.2 Å². The lowest BCUT2D eigenvalue weighted by Crippen LogP contribution is -1.90. The molecule has 1 heterocycles. The summed E-state index contributed by atoms with van der Waals surface area (Å²) in [6.07, 6.45) is 0. The maximum atomic E-state index is 13.1. The fourth-order valence-corrected chi connectivity index (χ4v) is 1.77. The highest BCUT2D eigenvalue weighted by atomic mass is 79.9. The first-order valence-electron chi connectivity index (χ1n) is 3.73. The largest absolute Gasteiger partial charge is 0.460 e. The van der Waals surface area contributed by atoms with Crippen molar-refractivity contribution in [2.24, 2.45) is 0 Å². The number of nitrogens with two attached hydrogens (primary N) is 1. The average molecular weight is 244 g/mol. The van der Waals surface area contributed by atoms with E-state index in [-0.39, 0.29) is 5.69 Å². The molecule has 0 aliphatic rings. The number of anilines is 1. The van der Waals surface area contributed by atoms with Gasteiger partial charge in [-0.2, -0.15) is 0 Å². The van der Waals surface area contributed by atoms with E-state index in [9.17, 15) is 4.39 Å². The summed E-state index contributed by atoms with van der Waals surface area (Å²) in [5, 5.41) is 0.615. The lowest BCUT2D eigenvalue weighted by atomic mass is 10.2. The van der Waals surface area contributed by atoms with Gasteiger partial charge in [0.25, 0.3) is 0 Å². The summed E-state index contributed by atoms with van der Waals surface area (Å²) < 4.78 is 19.0. The van der Waals surface area contributed by atoms with Gasteiger partial charge in [-0.1, -0.05) is 0 Å². The first-order valence-corrected chi connectivity index (χ1v) is 4.52. The van der Waals surface area contributed by atoms with E-state index in [0.717, 1.165) is 0 Å². The molecule has 1 aromatic heterocycles. The van der Waals surface area contributed by atoms with E-state index in [4.69, 9.17) is 10.2 Å². The second-order valence-corrected chi connectivity index (χ2v) is 3.71. The maximum Gasteiger partial charge on any atom is 0.150 e. The number of aryl methyl sites for hydroxylation is 1. The SMILES string of the molecule is Cc1cc2c(N)c(F)cc(Br)c2o1. The fourth-order valence-electron chi connectivity index (χ4n) is 1.27.